The van der Waals surface area contributed by atoms with Crippen LogP contribution in [-0.4, -0.2) is 11.5 Å². The van der Waals surface area contributed by atoms with Gasteiger partial charge >= 0.3 is 0 Å². The van der Waals surface area contributed by atoms with Crippen LogP contribution >= 0.6 is 11.8 Å². The van der Waals surface area contributed by atoms with Crippen molar-refractivity contribution in [2.75, 3.05) is 11.5 Å². The van der Waals surface area contributed by atoms with Crippen molar-refractivity contribution in [3.05, 3.63) is 0 Å². The molecule has 1 atom stereocenters. The highest BCUT2D eigenvalue weighted by molar-refractivity contribution is 7.99. The van der Waals surface area contributed by atoms with Gasteiger partial charge in [-0.1, -0.05) is 13.3 Å². The van der Waals surface area contributed by atoms with Gasteiger partial charge < -0.3 is 0 Å². The van der Waals surface area contributed by atoms with Crippen molar-refractivity contribution in [3.8, 4) is 0 Å². The van der Waals surface area contributed by atoms with Crippen molar-refractivity contribution in [2.45, 2.75) is 26.2 Å². The van der Waals surface area contributed by atoms with Crippen LogP contribution in [0.25, 0.3) is 0 Å². The maximum atomic E-state index is 2.30. The Morgan fingerprint density at radius 1 is 1.62 bits per heavy atom. The van der Waals surface area contributed by atoms with Gasteiger partial charge in [-0.15, -0.1) is 0 Å². The topological polar surface area (TPSA) is 0 Å². The standard InChI is InChI=1S/C7H14S/c1-2-7-4-3-5-8-6-7/h7H,2-6H2,1H3/t7-/m1/s1. The predicted octanol–water partition coefficient (Wildman–Crippen LogP) is 2.54. The minimum absolute atomic E-state index is 1.05. The van der Waals surface area contributed by atoms with Crippen molar-refractivity contribution >= 4 is 11.8 Å². The molecule has 1 aliphatic heterocycles. The van der Waals surface area contributed by atoms with Crippen molar-refractivity contribution in [2.24, 2.45) is 5.92 Å². The summed E-state index contributed by atoms with van der Waals surface area (Å²) in [7, 11) is 0. The minimum Gasteiger partial charge on any atom is -0.162 e. The zero-order valence-corrected chi connectivity index (χ0v) is 6.34. The molecule has 48 valence electrons. The first-order valence-corrected chi connectivity index (χ1v) is 4.66. The van der Waals surface area contributed by atoms with Gasteiger partial charge in [-0.25, -0.2) is 0 Å². The van der Waals surface area contributed by atoms with Crippen molar-refractivity contribution < 1.29 is 0 Å². The monoisotopic (exact) mass is 130 g/mol. The summed E-state index contributed by atoms with van der Waals surface area (Å²) in [5, 5.41) is 0. The molecule has 0 aliphatic carbocycles. The van der Waals surface area contributed by atoms with E-state index in [1.807, 2.05) is 0 Å². The highest BCUT2D eigenvalue weighted by atomic mass is 32.2. The van der Waals surface area contributed by atoms with E-state index >= 15 is 0 Å². The first-order chi connectivity index (χ1) is 3.93. The molecule has 1 rings (SSSR count). The van der Waals surface area contributed by atoms with Gasteiger partial charge in [-0.05, 0) is 30.3 Å². The molecular weight excluding hydrogens is 116 g/mol. The van der Waals surface area contributed by atoms with E-state index in [2.05, 4.69) is 18.7 Å². The lowest BCUT2D eigenvalue weighted by molar-refractivity contribution is 0.508. The summed E-state index contributed by atoms with van der Waals surface area (Å²) in [5.74, 6) is 3.89. The van der Waals surface area contributed by atoms with Gasteiger partial charge in [-0.3, -0.25) is 0 Å². The van der Waals surface area contributed by atoms with Gasteiger partial charge in [0, 0.05) is 0 Å². The van der Waals surface area contributed by atoms with E-state index in [9.17, 15) is 0 Å². The lowest BCUT2D eigenvalue weighted by Gasteiger charge is -2.18. The summed E-state index contributed by atoms with van der Waals surface area (Å²) in [6.07, 6.45) is 4.35. The molecule has 0 N–H and O–H groups in total. The van der Waals surface area contributed by atoms with Crippen LogP contribution in [0, 0.1) is 5.92 Å². The number of hydrogen-bond donors (Lipinski definition) is 0. The molecule has 0 unspecified atom stereocenters. The van der Waals surface area contributed by atoms with E-state index in [1.54, 1.807) is 0 Å². The third kappa shape index (κ3) is 1.70. The molecule has 1 fully saturated rings. The molecule has 0 aromatic rings. The second-order valence-corrected chi connectivity index (χ2v) is 3.64. The highest BCUT2D eigenvalue weighted by Gasteiger charge is 2.09. The molecule has 0 saturated carbocycles. The molecular formula is C7H14S. The fourth-order valence-electron chi connectivity index (χ4n) is 1.13. The molecule has 0 aromatic heterocycles. The Morgan fingerprint density at radius 3 is 2.88 bits per heavy atom. The van der Waals surface area contributed by atoms with E-state index in [4.69, 9.17) is 0 Å². The Balaban J connectivity index is 2.13. The van der Waals surface area contributed by atoms with E-state index in [0.29, 0.717) is 0 Å². The molecule has 1 aliphatic rings. The van der Waals surface area contributed by atoms with Gasteiger partial charge in [-0.2, -0.15) is 11.8 Å². The lowest BCUT2D eigenvalue weighted by Crippen LogP contribution is -2.08. The average molecular weight is 130 g/mol. The lowest BCUT2D eigenvalue weighted by atomic mass is 10.0. The predicted molar refractivity (Wildman–Crippen MR) is 40.3 cm³/mol. The van der Waals surface area contributed by atoms with Gasteiger partial charge in [0.25, 0.3) is 0 Å². The summed E-state index contributed by atoms with van der Waals surface area (Å²) >= 11 is 2.13. The smallest absolute Gasteiger partial charge is 0.00392 e. The van der Waals surface area contributed by atoms with E-state index < -0.39 is 0 Å². The summed E-state index contributed by atoms with van der Waals surface area (Å²) in [5.41, 5.74) is 0. The van der Waals surface area contributed by atoms with Gasteiger partial charge in [0.05, 0.1) is 0 Å². The third-order valence-corrected chi connectivity index (χ3v) is 3.12. The van der Waals surface area contributed by atoms with Crippen LogP contribution in [0.4, 0.5) is 0 Å². The Morgan fingerprint density at radius 2 is 2.50 bits per heavy atom. The van der Waals surface area contributed by atoms with Crippen LogP contribution in [0.15, 0.2) is 0 Å². The largest absolute Gasteiger partial charge is 0.162 e. The van der Waals surface area contributed by atoms with E-state index in [-0.39, 0.29) is 0 Å². The van der Waals surface area contributed by atoms with E-state index in [1.165, 1.54) is 30.8 Å². The fraction of sp³-hybridized carbons (Fsp3) is 1.00. The SMILES string of the molecule is CC[C@@H]1CCCSC1. The Hall–Kier alpha value is 0.350. The van der Waals surface area contributed by atoms with Crippen LogP contribution in [0.3, 0.4) is 0 Å². The van der Waals surface area contributed by atoms with Crippen LogP contribution < -0.4 is 0 Å². The van der Waals surface area contributed by atoms with Gasteiger partial charge in [0.1, 0.15) is 0 Å². The quantitative estimate of drug-likeness (QED) is 0.525. The van der Waals surface area contributed by atoms with Gasteiger partial charge in [0.2, 0.25) is 0 Å². The number of hydrogen-bond acceptors (Lipinski definition) is 1. The molecule has 1 heteroatoms. The Labute approximate surface area is 56.0 Å². The summed E-state index contributed by atoms with van der Waals surface area (Å²) in [6.45, 7) is 2.30. The molecule has 1 saturated heterocycles. The Kier molecular flexibility index (Phi) is 2.74. The zero-order chi connectivity index (χ0) is 5.82. The summed E-state index contributed by atoms with van der Waals surface area (Å²) < 4.78 is 0. The van der Waals surface area contributed by atoms with E-state index in [0.717, 1.165) is 5.92 Å². The molecule has 0 radical (unpaired) electrons. The summed E-state index contributed by atoms with van der Waals surface area (Å²) in [6, 6.07) is 0. The van der Waals surface area contributed by atoms with Crippen molar-refractivity contribution in [1.29, 1.82) is 0 Å². The molecule has 1 heterocycles. The van der Waals surface area contributed by atoms with Crippen molar-refractivity contribution in [3.63, 3.8) is 0 Å². The van der Waals surface area contributed by atoms with Crippen LogP contribution in [0.2, 0.25) is 0 Å². The van der Waals surface area contributed by atoms with Crippen LogP contribution in [0.1, 0.15) is 26.2 Å². The third-order valence-electron chi connectivity index (χ3n) is 1.83. The van der Waals surface area contributed by atoms with Gasteiger partial charge in [0.15, 0.2) is 0 Å². The molecule has 8 heavy (non-hydrogen) atoms. The average Bonchev–Trinajstić information content (AvgIpc) is 1.90. The normalized spacial score (nSPS) is 30.4. The minimum atomic E-state index is 1.05. The number of rotatable bonds is 1. The molecule has 0 aromatic carbocycles. The van der Waals surface area contributed by atoms with Crippen LogP contribution in [-0.2, 0) is 0 Å². The maximum absolute atomic E-state index is 2.30. The second-order valence-electron chi connectivity index (χ2n) is 2.49. The second kappa shape index (κ2) is 3.39. The first kappa shape index (κ1) is 6.47. The Bertz CT molecular complexity index is 55.4. The van der Waals surface area contributed by atoms with Crippen molar-refractivity contribution in [1.82, 2.24) is 0 Å². The molecule has 0 bridgehead atoms. The molecule has 0 nitrogen and oxygen atoms in total. The fourth-order valence-corrected chi connectivity index (χ4v) is 2.40. The highest BCUT2D eigenvalue weighted by Crippen LogP contribution is 2.24. The molecule has 0 spiro atoms. The van der Waals surface area contributed by atoms with Crippen LogP contribution in [0.5, 0.6) is 0 Å². The zero-order valence-electron chi connectivity index (χ0n) is 5.52. The maximum Gasteiger partial charge on any atom is -0.00392 e. The summed E-state index contributed by atoms with van der Waals surface area (Å²) in [4.78, 5) is 0. The first-order valence-electron chi connectivity index (χ1n) is 3.51. The molecule has 0 amide bonds. The number of thioether (sulfide) groups is 1.